The molecule has 2 heterocycles. The van der Waals surface area contributed by atoms with Gasteiger partial charge in [-0.3, -0.25) is 14.0 Å². The summed E-state index contributed by atoms with van der Waals surface area (Å²) in [4.78, 5) is 16.3. The van der Waals surface area contributed by atoms with E-state index in [1.165, 1.54) is 27.7 Å². The van der Waals surface area contributed by atoms with Crippen LogP contribution in [0.3, 0.4) is 0 Å². The van der Waals surface area contributed by atoms with Gasteiger partial charge < -0.3 is 4.74 Å². The second-order valence-corrected chi connectivity index (χ2v) is 5.15. The van der Waals surface area contributed by atoms with Gasteiger partial charge >= 0.3 is 6.18 Å². The minimum atomic E-state index is -4.38. The summed E-state index contributed by atoms with van der Waals surface area (Å²) in [5.41, 5.74) is -0.621. The molecule has 6 nitrogen and oxygen atoms in total. The van der Waals surface area contributed by atoms with Crippen molar-refractivity contribution in [3.05, 3.63) is 52.7 Å². The number of rotatable bonds is 4. The highest BCUT2D eigenvalue weighted by molar-refractivity contribution is 5.72. The summed E-state index contributed by atoms with van der Waals surface area (Å²) in [5, 5.41) is 4.44. The number of hydrogen-bond donors (Lipinski definition) is 0. The number of aryl methyl sites for hydroxylation is 1. The zero-order chi connectivity index (χ0) is 17.3. The van der Waals surface area contributed by atoms with Gasteiger partial charge in [-0.15, -0.1) is 0 Å². The Morgan fingerprint density at radius 3 is 2.58 bits per heavy atom. The highest BCUT2D eigenvalue weighted by atomic mass is 19.4. The van der Waals surface area contributed by atoms with Gasteiger partial charge in [0, 0.05) is 13.2 Å². The lowest BCUT2D eigenvalue weighted by Crippen LogP contribution is -2.23. The first-order valence-electron chi connectivity index (χ1n) is 7.03. The predicted octanol–water partition coefficient (Wildman–Crippen LogP) is 2.23. The Balaban J connectivity index is 1.66. The molecule has 0 saturated heterocycles. The number of ether oxygens (including phenoxy) is 1. The van der Waals surface area contributed by atoms with Crippen LogP contribution < -0.4 is 10.3 Å². The molecule has 1 aromatic carbocycles. The second-order valence-electron chi connectivity index (χ2n) is 5.15. The molecule has 0 aliphatic heterocycles. The van der Waals surface area contributed by atoms with Crippen LogP contribution in [-0.2, 0) is 19.8 Å². The lowest BCUT2D eigenvalue weighted by atomic mass is 10.2. The second kappa shape index (κ2) is 5.99. The first-order valence-corrected chi connectivity index (χ1v) is 7.03. The molecule has 0 spiro atoms. The molecule has 9 heteroatoms. The number of alkyl halides is 3. The fraction of sp³-hybridized carbons (Fsp3) is 0.267. The molecular weight excluding hydrogens is 325 g/mol. The van der Waals surface area contributed by atoms with Crippen molar-refractivity contribution in [3.63, 3.8) is 0 Å². The molecule has 0 amide bonds. The minimum Gasteiger partial charge on any atom is -0.492 e. The summed E-state index contributed by atoms with van der Waals surface area (Å²) < 4.78 is 45.7. The van der Waals surface area contributed by atoms with Gasteiger partial charge in [-0.2, -0.15) is 18.3 Å². The number of aromatic nitrogens is 4. The topological polar surface area (TPSA) is 61.9 Å². The van der Waals surface area contributed by atoms with Crippen molar-refractivity contribution in [2.45, 2.75) is 12.7 Å². The van der Waals surface area contributed by atoms with Crippen LogP contribution in [0.1, 0.15) is 5.56 Å². The van der Waals surface area contributed by atoms with Gasteiger partial charge in [0.15, 0.2) is 5.65 Å². The fourth-order valence-electron chi connectivity index (χ4n) is 2.22. The fourth-order valence-corrected chi connectivity index (χ4v) is 2.22. The van der Waals surface area contributed by atoms with Gasteiger partial charge in [0.05, 0.1) is 12.1 Å². The molecule has 0 radical (unpaired) electrons. The molecule has 3 rings (SSSR count). The quantitative estimate of drug-likeness (QED) is 0.732. The Hall–Kier alpha value is -2.84. The number of benzene rings is 1. The molecule has 3 aromatic rings. The standard InChI is InChI=1S/C15H13F3N4O2/c1-21-8-12-13(20-21)19-9-22(14(12)23)6-7-24-11-4-2-10(3-5-11)15(16,17)18/h2-5,8-9H,6-7H2,1H3. The molecular formula is C15H13F3N4O2. The summed E-state index contributed by atoms with van der Waals surface area (Å²) in [6, 6.07) is 4.39. The molecule has 0 atom stereocenters. The van der Waals surface area contributed by atoms with E-state index in [9.17, 15) is 18.0 Å². The third-order valence-electron chi connectivity index (χ3n) is 3.40. The molecule has 0 saturated carbocycles. The van der Waals surface area contributed by atoms with E-state index in [0.29, 0.717) is 16.8 Å². The molecule has 0 fully saturated rings. The summed E-state index contributed by atoms with van der Waals surface area (Å²) >= 11 is 0. The van der Waals surface area contributed by atoms with Crippen LogP contribution >= 0.6 is 0 Å². The van der Waals surface area contributed by atoms with Crippen LogP contribution in [0.15, 0.2) is 41.6 Å². The zero-order valence-corrected chi connectivity index (χ0v) is 12.6. The highest BCUT2D eigenvalue weighted by Gasteiger charge is 2.29. The van der Waals surface area contributed by atoms with E-state index < -0.39 is 11.7 Å². The van der Waals surface area contributed by atoms with Crippen LogP contribution in [0.4, 0.5) is 13.2 Å². The Bertz CT molecular complexity index is 913. The van der Waals surface area contributed by atoms with Crippen LogP contribution in [0.25, 0.3) is 11.0 Å². The van der Waals surface area contributed by atoms with Crippen molar-refractivity contribution in [1.29, 1.82) is 0 Å². The Kier molecular flexibility index (Phi) is 4.00. The summed E-state index contributed by atoms with van der Waals surface area (Å²) in [5.74, 6) is 0.298. The summed E-state index contributed by atoms with van der Waals surface area (Å²) in [6.45, 7) is 0.344. The molecule has 0 N–H and O–H groups in total. The van der Waals surface area contributed by atoms with Crippen LogP contribution in [0.5, 0.6) is 5.75 Å². The third kappa shape index (κ3) is 3.24. The average Bonchev–Trinajstić information content (AvgIpc) is 2.91. The monoisotopic (exact) mass is 338 g/mol. The zero-order valence-electron chi connectivity index (χ0n) is 12.6. The van der Waals surface area contributed by atoms with Crippen molar-refractivity contribution in [2.75, 3.05) is 6.61 Å². The Labute approximate surface area is 134 Å². The number of halogens is 3. The maximum absolute atomic E-state index is 12.5. The molecule has 0 unspecified atom stereocenters. The van der Waals surface area contributed by atoms with Crippen molar-refractivity contribution in [1.82, 2.24) is 19.3 Å². The predicted molar refractivity (Wildman–Crippen MR) is 79.7 cm³/mol. The van der Waals surface area contributed by atoms with Gasteiger partial charge in [-0.05, 0) is 24.3 Å². The van der Waals surface area contributed by atoms with Crippen LogP contribution in [0, 0.1) is 0 Å². The average molecular weight is 338 g/mol. The van der Waals surface area contributed by atoms with Crippen molar-refractivity contribution < 1.29 is 17.9 Å². The van der Waals surface area contributed by atoms with Gasteiger partial charge in [-0.1, -0.05) is 0 Å². The van der Waals surface area contributed by atoms with E-state index >= 15 is 0 Å². The smallest absolute Gasteiger partial charge is 0.416 e. The first kappa shape index (κ1) is 16.0. The largest absolute Gasteiger partial charge is 0.492 e. The molecule has 0 aliphatic rings. The van der Waals surface area contributed by atoms with E-state index in [0.717, 1.165) is 12.1 Å². The molecule has 126 valence electrons. The molecule has 0 bridgehead atoms. The van der Waals surface area contributed by atoms with Gasteiger partial charge in [0.2, 0.25) is 0 Å². The van der Waals surface area contributed by atoms with Gasteiger partial charge in [-0.25, -0.2) is 4.98 Å². The summed E-state index contributed by atoms with van der Waals surface area (Å²) in [6.07, 6.45) is -1.43. The number of hydrogen-bond acceptors (Lipinski definition) is 4. The first-order chi connectivity index (χ1) is 11.3. The van der Waals surface area contributed by atoms with Gasteiger partial charge in [0.1, 0.15) is 24.1 Å². The van der Waals surface area contributed by atoms with Crippen molar-refractivity contribution >= 4 is 11.0 Å². The van der Waals surface area contributed by atoms with Gasteiger partial charge in [0.25, 0.3) is 5.56 Å². The molecule has 0 aliphatic carbocycles. The normalized spacial score (nSPS) is 11.8. The van der Waals surface area contributed by atoms with E-state index in [-0.39, 0.29) is 18.7 Å². The molecule has 2 aromatic heterocycles. The Morgan fingerprint density at radius 2 is 1.92 bits per heavy atom. The minimum absolute atomic E-state index is 0.124. The lowest BCUT2D eigenvalue weighted by Gasteiger charge is -2.10. The highest BCUT2D eigenvalue weighted by Crippen LogP contribution is 2.30. The van der Waals surface area contributed by atoms with E-state index in [1.54, 1.807) is 13.2 Å². The molecule has 24 heavy (non-hydrogen) atoms. The van der Waals surface area contributed by atoms with Crippen molar-refractivity contribution in [3.8, 4) is 5.75 Å². The van der Waals surface area contributed by atoms with Crippen molar-refractivity contribution in [2.24, 2.45) is 7.05 Å². The maximum atomic E-state index is 12.5. The third-order valence-corrected chi connectivity index (χ3v) is 3.40. The van der Waals surface area contributed by atoms with Crippen LogP contribution in [-0.4, -0.2) is 25.9 Å². The van der Waals surface area contributed by atoms with E-state index in [1.807, 2.05) is 0 Å². The maximum Gasteiger partial charge on any atom is 0.416 e. The SMILES string of the molecule is Cn1cc2c(=O)n(CCOc3ccc(C(F)(F)F)cc3)cnc2n1. The van der Waals surface area contributed by atoms with Crippen LogP contribution in [0.2, 0.25) is 0 Å². The Morgan fingerprint density at radius 1 is 1.21 bits per heavy atom. The number of nitrogens with zero attached hydrogens (tertiary/aromatic N) is 4. The number of fused-ring (bicyclic) bond motifs is 1. The lowest BCUT2D eigenvalue weighted by molar-refractivity contribution is -0.137. The van der Waals surface area contributed by atoms with E-state index in [2.05, 4.69) is 10.1 Å². The van der Waals surface area contributed by atoms with E-state index in [4.69, 9.17) is 4.74 Å². The summed E-state index contributed by atoms with van der Waals surface area (Å²) in [7, 11) is 1.69.